The van der Waals surface area contributed by atoms with Crippen molar-refractivity contribution in [2.75, 3.05) is 27.8 Å². The van der Waals surface area contributed by atoms with E-state index in [1.807, 2.05) is 27.1 Å². The fourth-order valence-corrected chi connectivity index (χ4v) is 11.2. The second-order valence-electron chi connectivity index (χ2n) is 20.8. The van der Waals surface area contributed by atoms with E-state index in [1.54, 1.807) is 65.3 Å². The third kappa shape index (κ3) is 13.2. The van der Waals surface area contributed by atoms with E-state index < -0.39 is 118 Å². The highest BCUT2D eigenvalue weighted by Gasteiger charge is 2.54. The summed E-state index contributed by atoms with van der Waals surface area (Å²) >= 11 is 0. The smallest absolute Gasteiger partial charge is 0.311 e. The van der Waals surface area contributed by atoms with Gasteiger partial charge in [-0.25, -0.2) is 18.2 Å². The van der Waals surface area contributed by atoms with Crippen molar-refractivity contribution in [2.45, 2.75) is 203 Å². The minimum atomic E-state index is -3.80. The number of esters is 1. The molecule has 3 aliphatic rings. The maximum Gasteiger partial charge on any atom is 0.311 e. The number of nitrogens with two attached hydrogens (primary N) is 1. The van der Waals surface area contributed by atoms with Gasteiger partial charge in [0.05, 0.1) is 64.8 Å². The van der Waals surface area contributed by atoms with Crippen molar-refractivity contribution in [2.24, 2.45) is 28.8 Å². The summed E-state index contributed by atoms with van der Waals surface area (Å²) < 4.78 is 69.6. The van der Waals surface area contributed by atoms with Crippen LogP contribution in [0.2, 0.25) is 0 Å². The summed E-state index contributed by atoms with van der Waals surface area (Å²) in [7, 11) is 1.10. The molecule has 0 saturated carbocycles. The van der Waals surface area contributed by atoms with Crippen LogP contribution in [0, 0.1) is 23.7 Å². The normalized spacial score (nSPS) is 39.7. The number of aromatic nitrogens is 3. The van der Waals surface area contributed by atoms with Gasteiger partial charge < -0.3 is 58.5 Å². The topological polar surface area (TPSA) is 274 Å². The zero-order chi connectivity index (χ0) is 52.3. The number of carbonyl (C=O) groups is 2. The summed E-state index contributed by atoms with van der Waals surface area (Å²) in [6.45, 7) is 17.9. The van der Waals surface area contributed by atoms with Crippen LogP contribution in [-0.2, 0) is 65.7 Å². The van der Waals surface area contributed by atoms with Gasteiger partial charge in [0.25, 0.3) is 0 Å². The van der Waals surface area contributed by atoms with Crippen LogP contribution in [-0.4, -0.2) is 173 Å². The Balaban J connectivity index is 1.43. The lowest BCUT2D eigenvalue weighted by atomic mass is 9.74. The number of primary sulfonamides is 1. The number of aliphatic hydroxyl groups excluding tert-OH is 3. The van der Waals surface area contributed by atoms with Crippen LogP contribution in [0.1, 0.15) is 113 Å². The number of ether oxygens (including phenoxy) is 7. The molecule has 3 fully saturated rings. The predicted octanol–water partition coefficient (Wildman–Crippen LogP) is 2.73. The lowest BCUT2D eigenvalue weighted by molar-refractivity contribution is -0.319. The van der Waals surface area contributed by atoms with Gasteiger partial charge in [-0.05, 0) is 105 Å². The highest BCUT2D eigenvalue weighted by atomic mass is 32.2. The van der Waals surface area contributed by atoms with E-state index in [0.29, 0.717) is 32.4 Å². The molecule has 70 heavy (non-hydrogen) atoms. The second-order valence-corrected chi connectivity index (χ2v) is 22.4. The van der Waals surface area contributed by atoms with Gasteiger partial charge in [0, 0.05) is 50.6 Å². The summed E-state index contributed by atoms with van der Waals surface area (Å²) in [6, 6.07) is 5.83. The lowest BCUT2D eigenvalue weighted by Gasteiger charge is -2.50. The Labute approximate surface area is 413 Å². The summed E-state index contributed by atoms with van der Waals surface area (Å²) in [5.41, 5.74) is -2.83. The number of cyclic esters (lactones) is 1. The van der Waals surface area contributed by atoms with Crippen LogP contribution < -0.4 is 5.14 Å². The molecule has 18 atom stereocenters. The number of hydrogen-bond donors (Lipinski definition) is 5. The van der Waals surface area contributed by atoms with E-state index in [-0.39, 0.29) is 36.0 Å². The zero-order valence-electron chi connectivity index (χ0n) is 43.3. The van der Waals surface area contributed by atoms with Gasteiger partial charge in [-0.3, -0.25) is 9.59 Å². The number of sulfonamides is 1. The Kier molecular flexibility index (Phi) is 19.4. The van der Waals surface area contributed by atoms with E-state index in [2.05, 4.69) is 15.2 Å². The zero-order valence-corrected chi connectivity index (χ0v) is 44.1. The number of rotatable bonds is 15. The number of hydrogen-bond acceptors (Lipinski definition) is 18. The van der Waals surface area contributed by atoms with Crippen LogP contribution in [0.3, 0.4) is 0 Å². The van der Waals surface area contributed by atoms with Crippen molar-refractivity contribution in [3.63, 3.8) is 0 Å². The number of Topliss-reactive ketones (excluding diaryl/α,β-unsaturated/α-hetero) is 1. The molecule has 3 saturated heterocycles. The Morgan fingerprint density at radius 1 is 0.914 bits per heavy atom. The molecule has 398 valence electrons. The molecule has 0 aliphatic carbocycles. The minimum absolute atomic E-state index is 0.0261. The van der Waals surface area contributed by atoms with Gasteiger partial charge in [-0.2, -0.15) is 0 Å². The highest BCUT2D eigenvalue weighted by Crippen LogP contribution is 2.42. The van der Waals surface area contributed by atoms with Crippen LogP contribution in [0.4, 0.5) is 0 Å². The molecule has 0 spiro atoms. The number of methoxy groups -OCH3 is 2. The van der Waals surface area contributed by atoms with Gasteiger partial charge >= 0.3 is 5.97 Å². The first-order valence-corrected chi connectivity index (χ1v) is 26.1. The Hall–Kier alpha value is -3.03. The molecule has 0 unspecified atom stereocenters. The van der Waals surface area contributed by atoms with Crippen molar-refractivity contribution in [1.82, 2.24) is 19.9 Å². The molecule has 1 aromatic heterocycles. The standard InChI is InChI=1S/C49H81N5O15S/c1-14-37-49(10,60)42(57)29(4)39(55)27(2)23-48(9,64-13)44(30(5)41(31(6)45(59)67-37)68-38-24-47(8,63-12)43(58)32(7)66-38)69-46-40(56)36(22-28(3)65-46)53(11)21-15-16-34-26-54(52-51-34)25-33-17-19-35(20-18-33)70(50,61)62/h17-20,26-32,36-38,40-44,46,56-58,60H,14-16,21-25H2,1-13H3,(H2,50,61,62)/t27-,28-,29+,30+,31-,32+,36+,37-,38+,40-,41+,42-,43+,44-,46+,47-,48-,49-/m1/s1. The van der Waals surface area contributed by atoms with Crippen molar-refractivity contribution in [1.29, 1.82) is 0 Å². The van der Waals surface area contributed by atoms with E-state index >= 15 is 0 Å². The number of ketones is 1. The van der Waals surface area contributed by atoms with Crippen LogP contribution in [0.15, 0.2) is 35.4 Å². The van der Waals surface area contributed by atoms with E-state index in [4.69, 9.17) is 38.3 Å². The number of aryl methyl sites for hydroxylation is 1. The van der Waals surface area contributed by atoms with Gasteiger partial charge in [0.2, 0.25) is 10.0 Å². The summed E-state index contributed by atoms with van der Waals surface area (Å²) in [6.07, 6.45) is -6.59. The third-order valence-electron chi connectivity index (χ3n) is 15.3. The van der Waals surface area contributed by atoms with Crippen LogP contribution in [0.5, 0.6) is 0 Å². The molecule has 4 heterocycles. The first kappa shape index (κ1) is 57.9. The first-order valence-electron chi connectivity index (χ1n) is 24.5. The molecule has 0 amide bonds. The van der Waals surface area contributed by atoms with Gasteiger partial charge in [0.1, 0.15) is 29.7 Å². The van der Waals surface area contributed by atoms with Crippen LogP contribution in [0.25, 0.3) is 0 Å². The first-order chi connectivity index (χ1) is 32.6. The van der Waals surface area contributed by atoms with E-state index in [1.165, 1.54) is 33.3 Å². The monoisotopic (exact) mass is 1010 g/mol. The Morgan fingerprint density at radius 2 is 1.56 bits per heavy atom. The third-order valence-corrected chi connectivity index (χ3v) is 16.2. The van der Waals surface area contributed by atoms with Crippen molar-refractivity contribution < 1.29 is 71.6 Å². The molecule has 0 bridgehead atoms. The van der Waals surface area contributed by atoms with Gasteiger partial charge in [-0.1, -0.05) is 45.0 Å². The van der Waals surface area contributed by atoms with Crippen molar-refractivity contribution in [3.05, 3.63) is 41.7 Å². The fraction of sp³-hybridized carbons (Fsp3) is 0.796. The molecule has 0 radical (unpaired) electrons. The molecule has 20 nitrogen and oxygen atoms in total. The number of likely N-dealkylation sites (N-methyl/N-ethyl adjacent to an activating group) is 1. The largest absolute Gasteiger partial charge is 0.459 e. The molecule has 2 aromatic rings. The quantitative estimate of drug-likeness (QED) is 0.161. The predicted molar refractivity (Wildman–Crippen MR) is 255 cm³/mol. The van der Waals surface area contributed by atoms with Crippen LogP contribution >= 0.6 is 0 Å². The Bertz CT molecular complexity index is 2150. The average Bonchev–Trinajstić information content (AvgIpc) is 3.76. The highest BCUT2D eigenvalue weighted by molar-refractivity contribution is 7.89. The van der Waals surface area contributed by atoms with Gasteiger partial charge in [-0.15, -0.1) is 5.10 Å². The molecule has 21 heteroatoms. The summed E-state index contributed by atoms with van der Waals surface area (Å²) in [5.74, 6) is -4.78. The maximum atomic E-state index is 14.4. The fourth-order valence-electron chi connectivity index (χ4n) is 10.7. The number of benzene rings is 1. The second kappa shape index (κ2) is 23.5. The number of nitrogens with zero attached hydrogens (tertiary/aromatic N) is 4. The van der Waals surface area contributed by atoms with Gasteiger partial charge in [0.15, 0.2) is 12.6 Å². The number of carbonyl (C=O) groups excluding carboxylic acids is 2. The summed E-state index contributed by atoms with van der Waals surface area (Å²) in [5, 5.41) is 60.5. The SMILES string of the molecule is CC[C@H]1OC(=O)[C@H](C)[C@@H](O[C@H]2C[C@@](C)(OC)[C@@H](O)[C@H](C)O2)[C@H](C)[C@@H](O[C@@H]2O[C@H](C)C[C@H](N(C)CCCc3cn(Cc4ccc(S(N)(=O)=O)cc4)nn3)[C@H]2O)[C@](C)(OC)C[C@@H](C)C(=O)[C@H](C)[C@@H](O)[C@]1(C)O. The lowest BCUT2D eigenvalue weighted by Crippen LogP contribution is -2.61. The molecule has 3 aliphatic heterocycles. The Morgan fingerprint density at radius 3 is 2.16 bits per heavy atom. The van der Waals surface area contributed by atoms with E-state index in [9.17, 15) is 38.4 Å². The maximum absolute atomic E-state index is 14.4. The average molecular weight is 1010 g/mol. The number of aliphatic hydroxyl groups is 4. The molecule has 1 aromatic carbocycles. The minimum Gasteiger partial charge on any atom is -0.459 e. The molecule has 6 N–H and O–H groups in total. The van der Waals surface area contributed by atoms with E-state index in [0.717, 1.165) is 11.3 Å². The molecular formula is C49H81N5O15S. The van der Waals surface area contributed by atoms with Crippen molar-refractivity contribution >= 4 is 21.8 Å². The summed E-state index contributed by atoms with van der Waals surface area (Å²) in [4.78, 5) is 30.8. The molecular weight excluding hydrogens is 931 g/mol. The van der Waals surface area contributed by atoms with Crippen molar-refractivity contribution in [3.8, 4) is 0 Å². The molecule has 5 rings (SSSR count).